The van der Waals surface area contributed by atoms with E-state index in [1.165, 1.54) is 7.11 Å². The number of fused-ring (bicyclic) bond motifs is 2. The lowest BCUT2D eigenvalue weighted by molar-refractivity contribution is -0.136. The van der Waals surface area contributed by atoms with Crippen LogP contribution in [0, 0.1) is 14.9 Å². The number of hydrogen-bond acceptors (Lipinski definition) is 7. The molecule has 2 aromatic carbocycles. The van der Waals surface area contributed by atoms with Gasteiger partial charge in [-0.2, -0.15) is 5.26 Å². The van der Waals surface area contributed by atoms with Crippen molar-refractivity contribution in [1.29, 1.82) is 5.26 Å². The molecular weight excluding hydrogens is 535 g/mol. The fourth-order valence-electron chi connectivity index (χ4n) is 4.30. The van der Waals surface area contributed by atoms with Gasteiger partial charge in [-0.05, 0) is 54.1 Å². The van der Waals surface area contributed by atoms with E-state index in [0.29, 0.717) is 55.3 Å². The van der Waals surface area contributed by atoms with Gasteiger partial charge in [0, 0.05) is 28.3 Å². The Labute approximate surface area is 205 Å². The average molecular weight is 556 g/mol. The first-order valence-corrected chi connectivity index (χ1v) is 11.4. The molecule has 1 aliphatic carbocycles. The second-order valence-electron chi connectivity index (χ2n) is 7.46. The Morgan fingerprint density at radius 3 is 2.61 bits per heavy atom. The molecule has 8 heteroatoms. The van der Waals surface area contributed by atoms with Gasteiger partial charge in [0.25, 0.3) is 0 Å². The number of carbonyl (C=O) groups is 2. The molecule has 1 heterocycles. The molecule has 2 aromatic rings. The van der Waals surface area contributed by atoms with Gasteiger partial charge < -0.3 is 19.5 Å². The molecule has 168 valence electrons. The molecule has 33 heavy (non-hydrogen) atoms. The van der Waals surface area contributed by atoms with E-state index < -0.39 is 11.9 Å². The zero-order valence-electron chi connectivity index (χ0n) is 18.3. The fourth-order valence-corrected chi connectivity index (χ4v) is 5.09. The smallest absolute Gasteiger partial charge is 0.336 e. The normalized spacial score (nSPS) is 16.6. The molecular formula is C25H21IN2O5. The summed E-state index contributed by atoms with van der Waals surface area (Å²) in [6.45, 7) is 3.90. The van der Waals surface area contributed by atoms with Crippen LogP contribution in [-0.4, -0.2) is 32.1 Å². The maximum atomic E-state index is 13.5. The van der Waals surface area contributed by atoms with Gasteiger partial charge in [0.1, 0.15) is 6.07 Å². The summed E-state index contributed by atoms with van der Waals surface area (Å²) in [5, 5.41) is 12.2. The molecule has 4 rings (SSSR count). The van der Waals surface area contributed by atoms with E-state index in [4.69, 9.17) is 19.5 Å². The summed E-state index contributed by atoms with van der Waals surface area (Å²) >= 11 is 2.11. The molecule has 0 spiro atoms. The van der Waals surface area contributed by atoms with Crippen molar-refractivity contribution >= 4 is 40.0 Å². The minimum atomic E-state index is -0.661. The highest BCUT2D eigenvalue weighted by atomic mass is 127. The number of nitrogens with one attached hydrogen (secondary N) is 1. The van der Waals surface area contributed by atoms with Crippen molar-refractivity contribution < 1.29 is 23.8 Å². The van der Waals surface area contributed by atoms with E-state index in [1.54, 1.807) is 19.1 Å². The van der Waals surface area contributed by atoms with Crippen LogP contribution in [0.15, 0.2) is 53.2 Å². The first-order valence-electron chi connectivity index (χ1n) is 10.3. The number of allylic oxidation sites excluding steroid dienone is 2. The first-order chi connectivity index (χ1) is 15.9. The van der Waals surface area contributed by atoms with Crippen LogP contribution in [0.1, 0.15) is 41.3 Å². The monoisotopic (exact) mass is 556 g/mol. The highest BCUT2D eigenvalue weighted by Crippen LogP contribution is 2.48. The summed E-state index contributed by atoms with van der Waals surface area (Å²) in [5.41, 5.74) is 4.26. The number of ketones is 1. The highest BCUT2D eigenvalue weighted by Gasteiger charge is 2.43. The lowest BCUT2D eigenvalue weighted by Gasteiger charge is -2.29. The molecule has 0 fully saturated rings. The van der Waals surface area contributed by atoms with Crippen molar-refractivity contribution in [2.45, 2.75) is 19.8 Å². The van der Waals surface area contributed by atoms with Crippen molar-refractivity contribution in [1.82, 2.24) is 5.32 Å². The van der Waals surface area contributed by atoms with E-state index in [1.807, 2.05) is 37.3 Å². The summed E-state index contributed by atoms with van der Waals surface area (Å²) in [4.78, 5) is 26.4. The average Bonchev–Trinajstić information content (AvgIpc) is 3.09. The highest BCUT2D eigenvalue weighted by molar-refractivity contribution is 14.1. The number of benzene rings is 2. The van der Waals surface area contributed by atoms with Crippen molar-refractivity contribution in [3.63, 3.8) is 0 Å². The SMILES string of the molecule is CCOc1cc([C@H]2C(C(=O)OC)=C(C)NC3=C2C(=O)c2ccccc23)cc(I)c1OCC#N. The van der Waals surface area contributed by atoms with Crippen LogP contribution in [0.25, 0.3) is 5.70 Å². The molecule has 0 saturated carbocycles. The van der Waals surface area contributed by atoms with E-state index in [2.05, 4.69) is 27.9 Å². The number of ether oxygens (including phenoxy) is 3. The largest absolute Gasteiger partial charge is 0.490 e. The molecule has 0 bridgehead atoms. The van der Waals surface area contributed by atoms with Crippen LogP contribution >= 0.6 is 22.6 Å². The molecule has 2 aliphatic rings. The minimum absolute atomic E-state index is 0.127. The second-order valence-corrected chi connectivity index (χ2v) is 8.62. The predicted molar refractivity (Wildman–Crippen MR) is 130 cm³/mol. The van der Waals surface area contributed by atoms with E-state index in [9.17, 15) is 9.59 Å². The van der Waals surface area contributed by atoms with Crippen LogP contribution in [0.4, 0.5) is 0 Å². The Bertz CT molecular complexity index is 1270. The Morgan fingerprint density at radius 2 is 1.94 bits per heavy atom. The van der Waals surface area contributed by atoms with Gasteiger partial charge in [-0.15, -0.1) is 0 Å². The van der Waals surface area contributed by atoms with Gasteiger partial charge in [-0.25, -0.2) is 4.79 Å². The molecule has 0 amide bonds. The summed E-state index contributed by atoms with van der Waals surface area (Å²) in [6.07, 6.45) is 0. The topological polar surface area (TPSA) is 97.7 Å². The molecule has 1 N–H and O–H groups in total. The summed E-state index contributed by atoms with van der Waals surface area (Å²) in [7, 11) is 1.32. The Hall–Kier alpha value is -3.32. The maximum Gasteiger partial charge on any atom is 0.336 e. The van der Waals surface area contributed by atoms with E-state index in [-0.39, 0.29) is 12.4 Å². The van der Waals surface area contributed by atoms with E-state index in [0.717, 1.165) is 5.56 Å². The maximum absolute atomic E-state index is 13.5. The van der Waals surface area contributed by atoms with Crippen LogP contribution < -0.4 is 14.8 Å². The van der Waals surface area contributed by atoms with Gasteiger partial charge in [-0.1, -0.05) is 24.3 Å². The van der Waals surface area contributed by atoms with Crippen LogP contribution in [0.2, 0.25) is 0 Å². The van der Waals surface area contributed by atoms with Crippen LogP contribution in [0.5, 0.6) is 11.5 Å². The number of hydrogen-bond donors (Lipinski definition) is 1. The van der Waals surface area contributed by atoms with Crippen molar-refractivity contribution in [3.8, 4) is 17.6 Å². The lowest BCUT2D eigenvalue weighted by Crippen LogP contribution is -2.29. The number of methoxy groups -OCH3 is 1. The first kappa shape index (κ1) is 22.9. The van der Waals surface area contributed by atoms with Crippen molar-refractivity contribution in [2.24, 2.45) is 0 Å². The van der Waals surface area contributed by atoms with E-state index >= 15 is 0 Å². The number of halogens is 1. The van der Waals surface area contributed by atoms with Gasteiger partial charge in [-0.3, -0.25) is 4.79 Å². The summed E-state index contributed by atoms with van der Waals surface area (Å²) < 4.78 is 17.2. The second kappa shape index (κ2) is 9.27. The number of esters is 1. The van der Waals surface area contributed by atoms with Crippen molar-refractivity contribution in [2.75, 3.05) is 20.3 Å². The van der Waals surface area contributed by atoms with Gasteiger partial charge in [0.15, 0.2) is 23.9 Å². The third-order valence-corrected chi connectivity index (χ3v) is 6.40. The van der Waals surface area contributed by atoms with Crippen molar-refractivity contribution in [3.05, 3.63) is 73.5 Å². The molecule has 0 saturated heterocycles. The Balaban J connectivity index is 1.94. The Morgan fingerprint density at radius 1 is 1.21 bits per heavy atom. The molecule has 0 aromatic heterocycles. The quantitative estimate of drug-likeness (QED) is 0.418. The summed E-state index contributed by atoms with van der Waals surface area (Å²) in [6, 6.07) is 13.0. The fraction of sp³-hybridized carbons (Fsp3) is 0.240. The van der Waals surface area contributed by atoms with Gasteiger partial charge in [0.05, 0.1) is 28.6 Å². The van der Waals surface area contributed by atoms with Gasteiger partial charge >= 0.3 is 5.97 Å². The predicted octanol–water partition coefficient (Wildman–Crippen LogP) is 4.33. The van der Waals surface area contributed by atoms with Crippen LogP contribution in [0.3, 0.4) is 0 Å². The van der Waals surface area contributed by atoms with Gasteiger partial charge in [0.2, 0.25) is 0 Å². The summed E-state index contributed by atoms with van der Waals surface area (Å²) in [5.74, 6) is -0.415. The number of nitriles is 1. The number of rotatable bonds is 6. The third-order valence-electron chi connectivity index (χ3n) is 5.60. The lowest BCUT2D eigenvalue weighted by atomic mass is 9.79. The number of dihydropyridines is 1. The molecule has 0 radical (unpaired) electrons. The minimum Gasteiger partial charge on any atom is -0.490 e. The molecule has 0 unspecified atom stereocenters. The molecule has 7 nitrogen and oxygen atoms in total. The third kappa shape index (κ3) is 3.86. The molecule has 1 atom stereocenters. The zero-order chi connectivity index (χ0) is 23.7. The molecule has 1 aliphatic heterocycles. The van der Waals surface area contributed by atoms with Crippen LogP contribution in [-0.2, 0) is 9.53 Å². The number of Topliss-reactive ketones (excluding diaryl/α,β-unsaturated/α-hetero) is 1. The number of nitrogens with zero attached hydrogens (tertiary/aromatic N) is 1. The zero-order valence-corrected chi connectivity index (χ0v) is 20.5. The number of carbonyl (C=O) groups excluding carboxylic acids is 2. The standard InChI is InChI=1S/C25H21IN2O5/c1-4-32-18-12-14(11-17(26)24(18)33-10-9-27)20-19(25(30)31-3)13(2)28-22-15-7-5-6-8-16(15)23(29)21(20)22/h5-8,11-12,20,28H,4,10H2,1-3H3/t20-/m0/s1. The Kier molecular flexibility index (Phi) is 6.42.